The molecule has 0 saturated carbocycles. The van der Waals surface area contributed by atoms with Crippen molar-refractivity contribution >= 4 is 49.1 Å². The number of rotatable bonds is 4. The van der Waals surface area contributed by atoms with Crippen molar-refractivity contribution in [1.82, 2.24) is 4.31 Å². The minimum absolute atomic E-state index is 0.160. The monoisotopic (exact) mass is 486 g/mol. The molecule has 0 spiro atoms. The van der Waals surface area contributed by atoms with E-state index in [-0.39, 0.29) is 23.0 Å². The highest BCUT2D eigenvalue weighted by Crippen LogP contribution is 2.24. The number of hydrogen-bond acceptors (Lipinski definition) is 4. The van der Waals surface area contributed by atoms with Gasteiger partial charge in [0.25, 0.3) is 5.91 Å². The Morgan fingerprint density at radius 3 is 2.36 bits per heavy atom. The molecule has 1 saturated heterocycles. The maximum Gasteiger partial charge on any atom is 0.257 e. The predicted molar refractivity (Wildman–Crippen MR) is 112 cm³/mol. The summed E-state index contributed by atoms with van der Waals surface area (Å²) >= 11 is 9.38. The number of morpholine rings is 1. The van der Waals surface area contributed by atoms with Crippen LogP contribution in [0.15, 0.2) is 51.8 Å². The molecule has 0 aromatic heterocycles. The summed E-state index contributed by atoms with van der Waals surface area (Å²) < 4.78 is 33.5. The van der Waals surface area contributed by atoms with Gasteiger partial charge in [0.2, 0.25) is 10.0 Å². The quantitative estimate of drug-likeness (QED) is 0.703. The molecule has 150 valence electrons. The third kappa shape index (κ3) is 4.75. The smallest absolute Gasteiger partial charge is 0.257 e. The molecule has 9 heteroatoms. The van der Waals surface area contributed by atoms with Crippen molar-refractivity contribution < 1.29 is 17.9 Å². The van der Waals surface area contributed by atoms with E-state index in [1.807, 2.05) is 13.8 Å². The summed E-state index contributed by atoms with van der Waals surface area (Å²) in [5.41, 5.74) is 0.799. The molecular weight excluding hydrogens is 468 g/mol. The number of nitrogens with one attached hydrogen (secondary N) is 1. The van der Waals surface area contributed by atoms with Crippen LogP contribution in [-0.2, 0) is 14.8 Å². The van der Waals surface area contributed by atoms with Gasteiger partial charge in [0.1, 0.15) is 0 Å². The van der Waals surface area contributed by atoms with Gasteiger partial charge in [-0.05, 0) is 56.3 Å². The molecule has 3 rings (SSSR count). The van der Waals surface area contributed by atoms with Crippen molar-refractivity contribution in [2.75, 3.05) is 18.4 Å². The Labute approximate surface area is 178 Å². The first-order valence-corrected chi connectivity index (χ1v) is 11.3. The zero-order chi connectivity index (χ0) is 20.5. The van der Waals surface area contributed by atoms with Gasteiger partial charge in [0, 0.05) is 23.2 Å². The number of nitrogens with zero attached hydrogens (tertiary/aromatic N) is 1. The lowest BCUT2D eigenvalue weighted by atomic mass is 10.2. The standard InChI is InChI=1S/C19H20BrClN2O4S/c1-12-10-23(11-13(2)27-12)28(25,26)16-6-4-15(5-7-16)22-19(24)17-9-14(20)3-8-18(17)21/h3-9,12-13H,10-11H2,1-2H3,(H,22,24). The van der Waals surface area contributed by atoms with E-state index in [1.54, 1.807) is 30.3 Å². The Bertz CT molecular complexity index is 972. The zero-order valence-electron chi connectivity index (χ0n) is 15.4. The molecule has 1 fully saturated rings. The van der Waals surface area contributed by atoms with Crippen molar-refractivity contribution in [2.24, 2.45) is 0 Å². The van der Waals surface area contributed by atoms with E-state index in [4.69, 9.17) is 16.3 Å². The molecule has 1 N–H and O–H groups in total. The lowest BCUT2D eigenvalue weighted by molar-refractivity contribution is -0.0440. The summed E-state index contributed by atoms with van der Waals surface area (Å²) in [5.74, 6) is -0.377. The van der Waals surface area contributed by atoms with Gasteiger partial charge in [-0.2, -0.15) is 4.31 Å². The van der Waals surface area contributed by atoms with Crippen LogP contribution in [-0.4, -0.2) is 43.9 Å². The second kappa shape index (κ2) is 8.51. The largest absolute Gasteiger partial charge is 0.373 e. The highest BCUT2D eigenvalue weighted by atomic mass is 79.9. The van der Waals surface area contributed by atoms with Crippen LogP contribution < -0.4 is 5.32 Å². The van der Waals surface area contributed by atoms with Gasteiger partial charge in [0.05, 0.1) is 27.7 Å². The summed E-state index contributed by atoms with van der Waals surface area (Å²) in [6, 6.07) is 11.1. The van der Waals surface area contributed by atoms with E-state index in [9.17, 15) is 13.2 Å². The summed E-state index contributed by atoms with van der Waals surface area (Å²) in [7, 11) is -3.62. The second-order valence-electron chi connectivity index (χ2n) is 6.68. The molecule has 0 radical (unpaired) electrons. The lowest BCUT2D eigenvalue weighted by Crippen LogP contribution is -2.48. The maximum atomic E-state index is 12.9. The third-order valence-corrected chi connectivity index (χ3v) is 6.98. The highest BCUT2D eigenvalue weighted by molar-refractivity contribution is 9.10. The molecule has 1 aliphatic heterocycles. The van der Waals surface area contributed by atoms with E-state index in [1.165, 1.54) is 16.4 Å². The molecule has 0 aliphatic carbocycles. The minimum Gasteiger partial charge on any atom is -0.373 e. The topological polar surface area (TPSA) is 75.7 Å². The molecule has 1 heterocycles. The molecule has 2 unspecified atom stereocenters. The number of carbonyl (C=O) groups is 1. The predicted octanol–water partition coefficient (Wildman–Crippen LogP) is 4.15. The number of sulfonamides is 1. The molecule has 2 atom stereocenters. The minimum atomic E-state index is -3.62. The molecule has 0 bridgehead atoms. The Morgan fingerprint density at radius 2 is 1.75 bits per heavy atom. The van der Waals surface area contributed by atoms with Crippen LogP contribution in [0.3, 0.4) is 0 Å². The number of hydrogen-bond donors (Lipinski definition) is 1. The van der Waals surface area contributed by atoms with Gasteiger partial charge >= 0.3 is 0 Å². The first kappa shape index (κ1) is 21.3. The summed E-state index contributed by atoms with van der Waals surface area (Å²) in [4.78, 5) is 12.6. The van der Waals surface area contributed by atoms with E-state index in [0.717, 1.165) is 4.47 Å². The number of halogens is 2. The van der Waals surface area contributed by atoms with E-state index < -0.39 is 10.0 Å². The van der Waals surface area contributed by atoms with E-state index >= 15 is 0 Å². The average molecular weight is 488 g/mol. The highest BCUT2D eigenvalue weighted by Gasteiger charge is 2.32. The number of benzene rings is 2. The molecule has 2 aromatic carbocycles. The zero-order valence-corrected chi connectivity index (χ0v) is 18.5. The first-order valence-electron chi connectivity index (χ1n) is 8.69. The van der Waals surface area contributed by atoms with E-state index in [0.29, 0.717) is 29.4 Å². The Hall–Kier alpha value is -1.45. The molecular formula is C19H20BrClN2O4S. The van der Waals surface area contributed by atoms with Crippen LogP contribution in [0.4, 0.5) is 5.69 Å². The van der Waals surface area contributed by atoms with Crippen molar-refractivity contribution in [2.45, 2.75) is 31.0 Å². The van der Waals surface area contributed by atoms with Crippen LogP contribution in [0, 0.1) is 0 Å². The van der Waals surface area contributed by atoms with Gasteiger partial charge in [0.15, 0.2) is 0 Å². The first-order chi connectivity index (χ1) is 13.2. The van der Waals surface area contributed by atoms with Crippen LogP contribution in [0.1, 0.15) is 24.2 Å². The van der Waals surface area contributed by atoms with Crippen LogP contribution in [0.25, 0.3) is 0 Å². The number of carbonyl (C=O) groups excluding carboxylic acids is 1. The fourth-order valence-electron chi connectivity index (χ4n) is 3.06. The lowest BCUT2D eigenvalue weighted by Gasteiger charge is -2.34. The summed E-state index contributed by atoms with van der Waals surface area (Å²) in [5, 5.41) is 3.06. The second-order valence-corrected chi connectivity index (χ2v) is 9.94. The average Bonchev–Trinajstić information content (AvgIpc) is 2.63. The van der Waals surface area contributed by atoms with Gasteiger partial charge < -0.3 is 10.1 Å². The normalized spacial score (nSPS) is 20.7. The van der Waals surface area contributed by atoms with Crippen molar-refractivity contribution in [3.63, 3.8) is 0 Å². The Balaban J connectivity index is 1.76. The van der Waals surface area contributed by atoms with Crippen molar-refractivity contribution in [1.29, 1.82) is 0 Å². The van der Waals surface area contributed by atoms with Gasteiger partial charge in [-0.1, -0.05) is 27.5 Å². The Kier molecular flexibility index (Phi) is 6.46. The van der Waals surface area contributed by atoms with Crippen LogP contribution >= 0.6 is 27.5 Å². The van der Waals surface area contributed by atoms with Crippen LogP contribution in [0.2, 0.25) is 5.02 Å². The fraction of sp³-hybridized carbons (Fsp3) is 0.316. The molecule has 1 aliphatic rings. The number of ether oxygens (including phenoxy) is 1. The van der Waals surface area contributed by atoms with Gasteiger partial charge in [-0.15, -0.1) is 0 Å². The fourth-order valence-corrected chi connectivity index (χ4v) is 5.21. The summed E-state index contributed by atoms with van der Waals surface area (Å²) in [6.07, 6.45) is -0.320. The van der Waals surface area contributed by atoms with E-state index in [2.05, 4.69) is 21.2 Å². The van der Waals surface area contributed by atoms with Crippen molar-refractivity contribution in [3.05, 3.63) is 57.5 Å². The van der Waals surface area contributed by atoms with Gasteiger partial charge in [-0.3, -0.25) is 4.79 Å². The Morgan fingerprint density at radius 1 is 1.14 bits per heavy atom. The summed E-state index contributed by atoms with van der Waals surface area (Å²) in [6.45, 7) is 4.33. The van der Waals surface area contributed by atoms with Crippen molar-refractivity contribution in [3.8, 4) is 0 Å². The van der Waals surface area contributed by atoms with Crippen LogP contribution in [0.5, 0.6) is 0 Å². The molecule has 6 nitrogen and oxygen atoms in total. The third-order valence-electron chi connectivity index (χ3n) is 4.31. The van der Waals surface area contributed by atoms with Gasteiger partial charge in [-0.25, -0.2) is 8.42 Å². The molecule has 28 heavy (non-hydrogen) atoms. The SMILES string of the molecule is CC1CN(S(=O)(=O)c2ccc(NC(=O)c3cc(Br)ccc3Cl)cc2)CC(C)O1. The number of anilines is 1. The molecule has 2 aromatic rings. The maximum absolute atomic E-state index is 12.9. The molecule has 1 amide bonds. The number of amides is 1.